The Balaban J connectivity index is 1.89. The van der Waals surface area contributed by atoms with Crippen molar-refractivity contribution in [3.05, 3.63) is 144 Å². The minimum atomic E-state index is 0.714. The highest BCUT2D eigenvalue weighted by molar-refractivity contribution is 6.07. The van der Waals surface area contributed by atoms with Gasteiger partial charge in [-0.25, -0.2) is 0 Å². The Morgan fingerprint density at radius 3 is 1.17 bits per heavy atom. The summed E-state index contributed by atoms with van der Waals surface area (Å²) in [7, 11) is 0. The van der Waals surface area contributed by atoms with Crippen molar-refractivity contribution in [2.45, 2.75) is 0 Å². The molecule has 4 nitrogen and oxygen atoms in total. The lowest BCUT2D eigenvalue weighted by molar-refractivity contribution is 1.49. The zero-order valence-electron chi connectivity index (χ0n) is 19.9. The molecule has 4 heteroatoms. The minimum absolute atomic E-state index is 0.714. The average molecular weight is 469 g/mol. The van der Waals surface area contributed by atoms with Crippen LogP contribution in [0, 0.1) is 0 Å². The van der Waals surface area contributed by atoms with Gasteiger partial charge >= 0.3 is 0 Å². The van der Waals surface area contributed by atoms with Crippen LogP contribution in [-0.4, -0.2) is 0 Å². The van der Waals surface area contributed by atoms with E-state index < -0.39 is 0 Å². The molecule has 36 heavy (non-hydrogen) atoms. The lowest BCUT2D eigenvalue weighted by Gasteiger charge is -2.21. The molecule has 0 aromatic heterocycles. The highest BCUT2D eigenvalue weighted by atomic mass is 14.5. The maximum absolute atomic E-state index is 6.08. The molecule has 5 aromatic rings. The molecule has 0 amide bonds. The van der Waals surface area contributed by atoms with Crippen molar-refractivity contribution >= 4 is 33.9 Å². The van der Waals surface area contributed by atoms with Crippen molar-refractivity contribution in [2.24, 2.45) is 0 Å². The fourth-order valence-corrected chi connectivity index (χ4v) is 4.45. The molecular formula is C32H28N4. The van der Waals surface area contributed by atoms with Crippen LogP contribution in [0.2, 0.25) is 0 Å². The van der Waals surface area contributed by atoms with Crippen LogP contribution in [0.3, 0.4) is 0 Å². The Kier molecular flexibility index (Phi) is 6.16. The van der Waals surface area contributed by atoms with Gasteiger partial charge in [0.2, 0.25) is 0 Å². The van der Waals surface area contributed by atoms with Crippen LogP contribution in [0.5, 0.6) is 0 Å². The van der Waals surface area contributed by atoms with Gasteiger partial charge < -0.3 is 22.9 Å². The highest BCUT2D eigenvalue weighted by Crippen LogP contribution is 2.41. The Morgan fingerprint density at radius 1 is 0.361 bits per heavy atom. The van der Waals surface area contributed by atoms with Gasteiger partial charge in [-0.2, -0.15) is 0 Å². The van der Waals surface area contributed by atoms with E-state index in [4.69, 9.17) is 22.9 Å². The van der Waals surface area contributed by atoms with Gasteiger partial charge in [-0.3, -0.25) is 0 Å². The minimum Gasteiger partial charge on any atom is -0.399 e. The summed E-state index contributed by atoms with van der Waals surface area (Å²) in [5, 5.41) is 0. The second-order valence-electron chi connectivity index (χ2n) is 8.78. The smallest absolute Gasteiger partial charge is 0.0314 e. The first kappa shape index (κ1) is 22.8. The number of hydrogen-bond donors (Lipinski definition) is 4. The first-order chi connectivity index (χ1) is 17.5. The first-order valence-electron chi connectivity index (χ1n) is 11.8. The second kappa shape index (κ2) is 9.72. The van der Waals surface area contributed by atoms with Crippen molar-refractivity contribution in [3.63, 3.8) is 0 Å². The third-order valence-corrected chi connectivity index (χ3v) is 6.27. The lowest BCUT2D eigenvalue weighted by atomic mass is 9.83. The van der Waals surface area contributed by atoms with E-state index in [1.54, 1.807) is 0 Å². The van der Waals surface area contributed by atoms with Crippen molar-refractivity contribution in [1.82, 2.24) is 0 Å². The van der Waals surface area contributed by atoms with E-state index >= 15 is 0 Å². The molecule has 0 saturated heterocycles. The van der Waals surface area contributed by atoms with Crippen LogP contribution in [-0.2, 0) is 0 Å². The van der Waals surface area contributed by atoms with Gasteiger partial charge in [0.1, 0.15) is 0 Å². The second-order valence-corrected chi connectivity index (χ2v) is 8.78. The molecule has 5 aromatic carbocycles. The largest absolute Gasteiger partial charge is 0.399 e. The first-order valence-corrected chi connectivity index (χ1v) is 11.8. The predicted molar refractivity (Wildman–Crippen MR) is 154 cm³/mol. The molecule has 0 saturated carbocycles. The number of anilines is 4. The molecule has 0 aliphatic rings. The number of nitrogens with two attached hydrogens (primary N) is 4. The van der Waals surface area contributed by atoms with E-state index in [0.29, 0.717) is 17.1 Å². The van der Waals surface area contributed by atoms with E-state index in [1.165, 1.54) is 0 Å². The summed E-state index contributed by atoms with van der Waals surface area (Å²) >= 11 is 0. The van der Waals surface area contributed by atoms with Gasteiger partial charge in [-0.05, 0) is 93.1 Å². The number of rotatable bonds is 5. The van der Waals surface area contributed by atoms with E-state index in [9.17, 15) is 0 Å². The quantitative estimate of drug-likeness (QED) is 0.170. The molecular weight excluding hydrogens is 440 g/mol. The summed E-state index contributed by atoms with van der Waals surface area (Å²) in [5.41, 5.74) is 35.6. The zero-order valence-corrected chi connectivity index (χ0v) is 19.9. The van der Waals surface area contributed by atoms with Gasteiger partial charge in [0.15, 0.2) is 0 Å². The Labute approximate surface area is 211 Å². The third-order valence-electron chi connectivity index (χ3n) is 6.27. The Morgan fingerprint density at radius 2 is 0.722 bits per heavy atom. The summed E-state index contributed by atoms with van der Waals surface area (Å²) in [4.78, 5) is 0. The van der Waals surface area contributed by atoms with E-state index in [1.807, 2.05) is 48.5 Å². The summed E-state index contributed by atoms with van der Waals surface area (Å²) in [6.07, 6.45) is 0. The van der Waals surface area contributed by atoms with Crippen molar-refractivity contribution < 1.29 is 0 Å². The maximum atomic E-state index is 6.08. The van der Waals surface area contributed by atoms with Gasteiger partial charge in [-0.15, -0.1) is 0 Å². The van der Waals surface area contributed by atoms with Gasteiger partial charge in [0.25, 0.3) is 0 Å². The van der Waals surface area contributed by atoms with Gasteiger partial charge in [0, 0.05) is 22.7 Å². The molecule has 0 spiro atoms. The molecule has 5 rings (SSSR count). The summed E-state index contributed by atoms with van der Waals surface area (Å²) in [6.45, 7) is 0. The van der Waals surface area contributed by atoms with Crippen LogP contribution in [0.25, 0.3) is 22.3 Å². The van der Waals surface area contributed by atoms with Crippen LogP contribution in [0.15, 0.2) is 121 Å². The van der Waals surface area contributed by atoms with Crippen LogP contribution < -0.4 is 22.9 Å². The van der Waals surface area contributed by atoms with Crippen molar-refractivity contribution in [3.8, 4) is 11.1 Å². The standard InChI is InChI=1S/C32H28N4/c33-25-13-5-21(6-14-25)29-3-1-2-4-30(29)32(24-11-19-28(36)20-12-24)31(22-7-15-26(34)16-8-22)23-9-17-27(35)18-10-23/h1-20H,33-36H2. The molecule has 0 unspecified atom stereocenters. The molecule has 0 atom stereocenters. The van der Waals surface area contributed by atoms with Crippen molar-refractivity contribution in [1.29, 1.82) is 0 Å². The monoisotopic (exact) mass is 468 g/mol. The zero-order chi connectivity index (χ0) is 25.1. The summed E-state index contributed by atoms with van der Waals surface area (Å²) in [5.74, 6) is 0. The highest BCUT2D eigenvalue weighted by Gasteiger charge is 2.19. The Hall–Kier alpha value is -4.96. The fraction of sp³-hybridized carbons (Fsp3) is 0. The Bertz CT molecular complexity index is 1470. The maximum Gasteiger partial charge on any atom is 0.0314 e. The molecule has 176 valence electrons. The normalized spacial score (nSPS) is 10.7. The van der Waals surface area contributed by atoms with E-state index in [2.05, 4.69) is 72.8 Å². The molecule has 0 radical (unpaired) electrons. The lowest BCUT2D eigenvalue weighted by Crippen LogP contribution is -2.00. The topological polar surface area (TPSA) is 104 Å². The molecule has 0 fully saturated rings. The molecule has 0 aliphatic carbocycles. The fourth-order valence-electron chi connectivity index (χ4n) is 4.45. The SMILES string of the molecule is Nc1ccc(C(=C(c2ccc(N)cc2)c2ccccc2-c2ccc(N)cc2)c2ccc(N)cc2)cc1. The third kappa shape index (κ3) is 4.65. The van der Waals surface area contributed by atoms with Gasteiger partial charge in [0.05, 0.1) is 0 Å². The molecule has 0 heterocycles. The van der Waals surface area contributed by atoms with Crippen molar-refractivity contribution in [2.75, 3.05) is 22.9 Å². The van der Waals surface area contributed by atoms with Crippen LogP contribution >= 0.6 is 0 Å². The number of hydrogen-bond acceptors (Lipinski definition) is 4. The van der Waals surface area contributed by atoms with E-state index in [-0.39, 0.29) is 0 Å². The molecule has 8 N–H and O–H groups in total. The average Bonchev–Trinajstić information content (AvgIpc) is 2.90. The molecule has 0 aliphatic heterocycles. The van der Waals surface area contributed by atoms with Gasteiger partial charge in [-0.1, -0.05) is 72.8 Å². The summed E-state index contributed by atoms with van der Waals surface area (Å²) < 4.78 is 0. The number of nitrogen functional groups attached to an aromatic ring is 4. The number of benzene rings is 5. The van der Waals surface area contributed by atoms with Crippen LogP contribution in [0.1, 0.15) is 22.3 Å². The van der Waals surface area contributed by atoms with E-state index in [0.717, 1.165) is 50.2 Å². The van der Waals surface area contributed by atoms with Crippen LogP contribution in [0.4, 0.5) is 22.7 Å². The predicted octanol–water partition coefficient (Wildman–Crippen LogP) is 6.69. The summed E-state index contributed by atoms with van der Waals surface area (Å²) in [6, 6.07) is 40.4. The molecule has 0 bridgehead atoms.